The van der Waals surface area contributed by atoms with Gasteiger partial charge in [0, 0.05) is 6.54 Å². The third-order valence-electron chi connectivity index (χ3n) is 5.49. The van der Waals surface area contributed by atoms with Crippen LogP contribution in [0.3, 0.4) is 0 Å². The van der Waals surface area contributed by atoms with Gasteiger partial charge in [-0.05, 0) is 49.7 Å². The molecule has 1 N–H and O–H groups in total. The first-order valence-electron chi connectivity index (χ1n) is 8.34. The molecule has 1 aromatic rings. The highest BCUT2D eigenvalue weighted by molar-refractivity contribution is 5.89. The average molecular weight is 284 g/mol. The van der Waals surface area contributed by atoms with Crippen LogP contribution in [0.1, 0.15) is 55.8 Å². The first kappa shape index (κ1) is 13.3. The molecule has 2 saturated carbocycles. The maximum atomic E-state index is 13.1. The third-order valence-corrected chi connectivity index (χ3v) is 5.49. The Hall–Kier alpha value is -1.35. The minimum Gasteiger partial charge on any atom is -0.321 e. The standard InChI is InChI=1S/C18H24N2O/c1-13-6-2-3-7-15(13)16-19-18(10-4-5-11-18)17(21)20(16)12-14-8-9-14/h2-3,6-7,14,16,19H,4-5,8-12H2,1H3. The predicted octanol–water partition coefficient (Wildman–Crippen LogP) is 3.15. The van der Waals surface area contributed by atoms with Gasteiger partial charge in [0.05, 0.1) is 5.54 Å². The fraction of sp³-hybridized carbons (Fsp3) is 0.611. The van der Waals surface area contributed by atoms with Crippen LogP contribution in [0.4, 0.5) is 0 Å². The van der Waals surface area contributed by atoms with E-state index in [0.717, 1.165) is 25.3 Å². The summed E-state index contributed by atoms with van der Waals surface area (Å²) in [6.45, 7) is 3.09. The lowest BCUT2D eigenvalue weighted by atomic mass is 9.98. The van der Waals surface area contributed by atoms with Crippen LogP contribution in [0.25, 0.3) is 0 Å². The summed E-state index contributed by atoms with van der Waals surface area (Å²) < 4.78 is 0. The highest BCUT2D eigenvalue weighted by atomic mass is 16.2. The Labute approximate surface area is 126 Å². The summed E-state index contributed by atoms with van der Waals surface area (Å²) in [5.74, 6) is 1.10. The number of carbonyl (C=O) groups excluding carboxylic acids is 1. The molecule has 1 amide bonds. The molecule has 21 heavy (non-hydrogen) atoms. The molecule has 3 heteroatoms. The van der Waals surface area contributed by atoms with Crippen molar-refractivity contribution < 1.29 is 4.79 Å². The van der Waals surface area contributed by atoms with Crippen molar-refractivity contribution in [1.29, 1.82) is 0 Å². The molecule has 0 aromatic heterocycles. The van der Waals surface area contributed by atoms with E-state index in [1.807, 2.05) is 0 Å². The van der Waals surface area contributed by atoms with E-state index in [9.17, 15) is 4.79 Å². The zero-order valence-corrected chi connectivity index (χ0v) is 12.8. The quantitative estimate of drug-likeness (QED) is 0.924. The Bertz CT molecular complexity index is 558. The van der Waals surface area contributed by atoms with Gasteiger partial charge in [-0.25, -0.2) is 0 Å². The van der Waals surface area contributed by atoms with Gasteiger partial charge in [-0.2, -0.15) is 0 Å². The topological polar surface area (TPSA) is 32.3 Å². The number of hydrogen-bond acceptors (Lipinski definition) is 2. The van der Waals surface area contributed by atoms with Gasteiger partial charge in [0.25, 0.3) is 0 Å². The van der Waals surface area contributed by atoms with Crippen molar-refractivity contribution in [2.24, 2.45) is 5.92 Å². The summed E-state index contributed by atoms with van der Waals surface area (Å²) in [4.78, 5) is 15.2. The molecule has 1 spiro atoms. The van der Waals surface area contributed by atoms with Crippen LogP contribution in [-0.2, 0) is 4.79 Å². The molecule has 112 valence electrons. The number of amides is 1. The molecule has 3 aliphatic rings. The minimum absolute atomic E-state index is 0.0809. The van der Waals surface area contributed by atoms with Gasteiger partial charge in [-0.3, -0.25) is 10.1 Å². The van der Waals surface area contributed by atoms with Gasteiger partial charge in [0.1, 0.15) is 6.17 Å². The summed E-state index contributed by atoms with van der Waals surface area (Å²) in [6.07, 6.45) is 7.03. The Morgan fingerprint density at radius 2 is 1.95 bits per heavy atom. The van der Waals surface area contributed by atoms with Crippen molar-refractivity contribution in [2.75, 3.05) is 6.54 Å². The lowest BCUT2D eigenvalue weighted by Crippen LogP contribution is -2.44. The molecule has 3 nitrogen and oxygen atoms in total. The molecule has 1 aliphatic heterocycles. The third kappa shape index (κ3) is 2.18. The van der Waals surface area contributed by atoms with Crippen molar-refractivity contribution in [3.8, 4) is 0 Å². The number of benzene rings is 1. The highest BCUT2D eigenvalue weighted by Gasteiger charge is 2.53. The van der Waals surface area contributed by atoms with Gasteiger partial charge in [0.2, 0.25) is 5.91 Å². The Morgan fingerprint density at radius 1 is 1.24 bits per heavy atom. The second kappa shape index (κ2) is 4.84. The smallest absolute Gasteiger partial charge is 0.244 e. The maximum Gasteiger partial charge on any atom is 0.244 e. The molecular weight excluding hydrogens is 260 g/mol. The van der Waals surface area contributed by atoms with Gasteiger partial charge in [-0.15, -0.1) is 0 Å². The van der Waals surface area contributed by atoms with E-state index in [4.69, 9.17) is 0 Å². The van der Waals surface area contributed by atoms with Crippen LogP contribution in [0, 0.1) is 12.8 Å². The number of rotatable bonds is 3. The van der Waals surface area contributed by atoms with Crippen molar-refractivity contribution in [3.63, 3.8) is 0 Å². The van der Waals surface area contributed by atoms with Gasteiger partial charge in [0.15, 0.2) is 0 Å². The molecule has 2 aliphatic carbocycles. The summed E-state index contributed by atoms with van der Waals surface area (Å²) in [6, 6.07) is 8.49. The van der Waals surface area contributed by atoms with Gasteiger partial charge < -0.3 is 4.90 Å². The number of carbonyl (C=O) groups is 1. The summed E-state index contributed by atoms with van der Waals surface area (Å²) in [7, 11) is 0. The largest absolute Gasteiger partial charge is 0.321 e. The number of aryl methyl sites for hydroxylation is 1. The van der Waals surface area contributed by atoms with Gasteiger partial charge >= 0.3 is 0 Å². The minimum atomic E-state index is -0.262. The van der Waals surface area contributed by atoms with Crippen LogP contribution in [0.15, 0.2) is 24.3 Å². The first-order chi connectivity index (χ1) is 10.2. The van der Waals surface area contributed by atoms with Crippen molar-refractivity contribution in [3.05, 3.63) is 35.4 Å². The SMILES string of the molecule is Cc1ccccc1C1NC2(CCCC2)C(=O)N1CC1CC1. The predicted molar refractivity (Wildman–Crippen MR) is 82.7 cm³/mol. The van der Waals surface area contributed by atoms with E-state index < -0.39 is 0 Å². The normalized spacial score (nSPS) is 27.8. The summed E-state index contributed by atoms with van der Waals surface area (Å²) >= 11 is 0. The van der Waals surface area contributed by atoms with Crippen LogP contribution < -0.4 is 5.32 Å². The van der Waals surface area contributed by atoms with E-state index in [-0.39, 0.29) is 11.7 Å². The molecule has 0 radical (unpaired) electrons. The lowest BCUT2D eigenvalue weighted by Gasteiger charge is -2.25. The van der Waals surface area contributed by atoms with Crippen LogP contribution >= 0.6 is 0 Å². The Morgan fingerprint density at radius 3 is 2.62 bits per heavy atom. The van der Waals surface area contributed by atoms with Crippen LogP contribution in [0.2, 0.25) is 0 Å². The second-order valence-electron chi connectivity index (χ2n) is 7.09. The summed E-state index contributed by atoms with van der Waals surface area (Å²) in [5, 5.41) is 3.73. The fourth-order valence-electron chi connectivity index (χ4n) is 4.04. The highest BCUT2D eigenvalue weighted by Crippen LogP contribution is 2.43. The van der Waals surface area contributed by atoms with E-state index in [1.165, 1.54) is 36.8 Å². The van der Waals surface area contributed by atoms with E-state index in [2.05, 4.69) is 41.4 Å². The molecule has 1 atom stereocenters. The average Bonchev–Trinajstić information content (AvgIpc) is 3.12. The van der Waals surface area contributed by atoms with E-state index in [1.54, 1.807) is 0 Å². The maximum absolute atomic E-state index is 13.1. The number of nitrogens with zero attached hydrogens (tertiary/aromatic N) is 1. The molecule has 1 saturated heterocycles. The number of nitrogens with one attached hydrogen (secondary N) is 1. The monoisotopic (exact) mass is 284 g/mol. The van der Waals surface area contributed by atoms with Crippen LogP contribution in [-0.4, -0.2) is 22.9 Å². The molecule has 1 heterocycles. The molecule has 1 unspecified atom stereocenters. The van der Waals surface area contributed by atoms with Crippen molar-refractivity contribution in [1.82, 2.24) is 10.2 Å². The number of hydrogen-bond donors (Lipinski definition) is 1. The fourth-order valence-corrected chi connectivity index (χ4v) is 4.04. The molecule has 4 rings (SSSR count). The van der Waals surface area contributed by atoms with Gasteiger partial charge in [-0.1, -0.05) is 37.1 Å². The van der Waals surface area contributed by atoms with Crippen molar-refractivity contribution in [2.45, 2.75) is 57.2 Å². The van der Waals surface area contributed by atoms with E-state index >= 15 is 0 Å². The zero-order chi connectivity index (χ0) is 14.4. The van der Waals surface area contributed by atoms with E-state index in [0.29, 0.717) is 5.91 Å². The molecule has 3 fully saturated rings. The zero-order valence-electron chi connectivity index (χ0n) is 12.8. The first-order valence-corrected chi connectivity index (χ1v) is 8.34. The molecule has 1 aromatic carbocycles. The summed E-state index contributed by atoms with van der Waals surface area (Å²) in [5.41, 5.74) is 2.29. The Kier molecular flexibility index (Phi) is 3.07. The Balaban J connectivity index is 1.69. The van der Waals surface area contributed by atoms with Crippen molar-refractivity contribution >= 4 is 5.91 Å². The lowest BCUT2D eigenvalue weighted by molar-refractivity contribution is -0.133. The van der Waals surface area contributed by atoms with Crippen LogP contribution in [0.5, 0.6) is 0 Å². The second-order valence-corrected chi connectivity index (χ2v) is 7.09. The molecular formula is C18H24N2O. The molecule has 0 bridgehead atoms.